The molecule has 0 radical (unpaired) electrons. The van der Waals surface area contributed by atoms with Crippen molar-refractivity contribution < 1.29 is 9.90 Å². The van der Waals surface area contributed by atoms with Crippen LogP contribution in [0.1, 0.15) is 37.2 Å². The molecule has 1 aromatic rings. The molecular weight excluding hydrogens is 226 g/mol. The predicted octanol–water partition coefficient (Wildman–Crippen LogP) is 2.73. The van der Waals surface area contributed by atoms with Crippen molar-refractivity contribution in [2.24, 2.45) is 0 Å². The van der Waals surface area contributed by atoms with E-state index in [-0.39, 0.29) is 6.42 Å². The molecule has 18 heavy (non-hydrogen) atoms. The van der Waals surface area contributed by atoms with Crippen molar-refractivity contribution in [3.63, 3.8) is 0 Å². The van der Waals surface area contributed by atoms with Crippen LogP contribution in [0.4, 0.5) is 0 Å². The summed E-state index contributed by atoms with van der Waals surface area (Å²) in [6.45, 7) is 3.10. The van der Waals surface area contributed by atoms with E-state index in [1.165, 1.54) is 18.4 Å². The highest BCUT2D eigenvalue weighted by molar-refractivity contribution is 5.66. The SMILES string of the molecule is O=C(O)CCCN1CCCC(c2ccccc2)C1. The number of likely N-dealkylation sites (tertiary alicyclic amines) is 1. The standard InChI is InChI=1S/C15H21NO2/c17-15(18)9-5-11-16-10-4-8-14(12-16)13-6-2-1-3-7-13/h1-3,6-7,14H,4-5,8-12H2,(H,17,18). The van der Waals surface area contributed by atoms with Gasteiger partial charge in [0.15, 0.2) is 0 Å². The normalized spacial score (nSPS) is 20.8. The quantitative estimate of drug-likeness (QED) is 0.869. The Morgan fingerprint density at radius 3 is 2.83 bits per heavy atom. The molecule has 0 spiro atoms. The van der Waals surface area contributed by atoms with Gasteiger partial charge < -0.3 is 10.0 Å². The van der Waals surface area contributed by atoms with Crippen LogP contribution >= 0.6 is 0 Å². The summed E-state index contributed by atoms with van der Waals surface area (Å²) >= 11 is 0. The third kappa shape index (κ3) is 3.84. The van der Waals surface area contributed by atoms with Gasteiger partial charge in [0.05, 0.1) is 0 Å². The Morgan fingerprint density at radius 1 is 1.33 bits per heavy atom. The van der Waals surface area contributed by atoms with Gasteiger partial charge in [-0.1, -0.05) is 30.3 Å². The van der Waals surface area contributed by atoms with E-state index < -0.39 is 5.97 Å². The Labute approximate surface area is 108 Å². The Hall–Kier alpha value is -1.35. The molecule has 0 bridgehead atoms. The number of aliphatic carboxylic acids is 1. The fourth-order valence-electron chi connectivity index (χ4n) is 2.71. The lowest BCUT2D eigenvalue weighted by Gasteiger charge is -2.32. The van der Waals surface area contributed by atoms with Gasteiger partial charge in [-0.2, -0.15) is 0 Å². The number of carboxylic acids is 1. The van der Waals surface area contributed by atoms with Crippen LogP contribution in [0.25, 0.3) is 0 Å². The average molecular weight is 247 g/mol. The minimum Gasteiger partial charge on any atom is -0.481 e. The summed E-state index contributed by atoms with van der Waals surface area (Å²) in [6.07, 6.45) is 3.51. The van der Waals surface area contributed by atoms with Crippen LogP contribution < -0.4 is 0 Å². The van der Waals surface area contributed by atoms with Crippen LogP contribution in [0, 0.1) is 0 Å². The van der Waals surface area contributed by atoms with Crippen molar-refractivity contribution >= 4 is 5.97 Å². The van der Waals surface area contributed by atoms with E-state index in [0.717, 1.165) is 26.1 Å². The van der Waals surface area contributed by atoms with Gasteiger partial charge in [0, 0.05) is 13.0 Å². The van der Waals surface area contributed by atoms with Gasteiger partial charge in [-0.05, 0) is 43.8 Å². The monoisotopic (exact) mass is 247 g/mol. The second-order valence-corrected chi connectivity index (χ2v) is 5.05. The number of carboxylic acid groups (broad SMARTS) is 1. The van der Waals surface area contributed by atoms with E-state index in [9.17, 15) is 4.79 Å². The van der Waals surface area contributed by atoms with Crippen molar-refractivity contribution in [1.29, 1.82) is 0 Å². The van der Waals surface area contributed by atoms with Gasteiger partial charge >= 0.3 is 5.97 Å². The average Bonchev–Trinajstić information content (AvgIpc) is 2.40. The lowest BCUT2D eigenvalue weighted by atomic mass is 9.90. The number of nitrogens with zero attached hydrogens (tertiary/aromatic N) is 1. The molecule has 1 fully saturated rings. The first-order chi connectivity index (χ1) is 8.75. The summed E-state index contributed by atoms with van der Waals surface area (Å²) in [5.41, 5.74) is 1.42. The summed E-state index contributed by atoms with van der Waals surface area (Å²) in [7, 11) is 0. The minimum absolute atomic E-state index is 0.284. The second-order valence-electron chi connectivity index (χ2n) is 5.05. The summed E-state index contributed by atoms with van der Waals surface area (Å²) in [5.74, 6) is -0.0728. The molecule has 2 rings (SSSR count). The molecular formula is C15H21NO2. The van der Waals surface area contributed by atoms with E-state index in [4.69, 9.17) is 5.11 Å². The van der Waals surface area contributed by atoms with E-state index >= 15 is 0 Å². The Kier molecular flexibility index (Phi) is 4.76. The highest BCUT2D eigenvalue weighted by atomic mass is 16.4. The minimum atomic E-state index is -0.688. The number of piperidine rings is 1. The molecule has 0 aromatic heterocycles. The van der Waals surface area contributed by atoms with Gasteiger partial charge in [0.1, 0.15) is 0 Å². The molecule has 0 aliphatic carbocycles. The van der Waals surface area contributed by atoms with Gasteiger partial charge in [-0.3, -0.25) is 4.79 Å². The zero-order valence-electron chi connectivity index (χ0n) is 10.7. The lowest BCUT2D eigenvalue weighted by molar-refractivity contribution is -0.137. The largest absolute Gasteiger partial charge is 0.481 e. The molecule has 3 nitrogen and oxygen atoms in total. The maximum atomic E-state index is 10.5. The number of hydrogen-bond donors (Lipinski definition) is 1. The molecule has 1 atom stereocenters. The molecule has 1 saturated heterocycles. The highest BCUT2D eigenvalue weighted by Crippen LogP contribution is 2.26. The number of rotatable bonds is 5. The molecule has 0 saturated carbocycles. The molecule has 1 aromatic carbocycles. The second kappa shape index (κ2) is 6.55. The predicted molar refractivity (Wildman–Crippen MR) is 71.7 cm³/mol. The van der Waals surface area contributed by atoms with E-state index in [0.29, 0.717) is 5.92 Å². The number of carbonyl (C=O) groups is 1. The van der Waals surface area contributed by atoms with Crippen LogP contribution in [-0.4, -0.2) is 35.6 Å². The summed E-state index contributed by atoms with van der Waals surface area (Å²) < 4.78 is 0. The number of hydrogen-bond acceptors (Lipinski definition) is 2. The zero-order valence-corrected chi connectivity index (χ0v) is 10.7. The van der Waals surface area contributed by atoms with Gasteiger partial charge in [-0.25, -0.2) is 0 Å². The van der Waals surface area contributed by atoms with Crippen LogP contribution in [-0.2, 0) is 4.79 Å². The lowest BCUT2D eigenvalue weighted by Crippen LogP contribution is -2.35. The fraction of sp³-hybridized carbons (Fsp3) is 0.533. The zero-order chi connectivity index (χ0) is 12.8. The fourth-order valence-corrected chi connectivity index (χ4v) is 2.71. The molecule has 0 amide bonds. The molecule has 98 valence electrons. The van der Waals surface area contributed by atoms with Gasteiger partial charge in [0.25, 0.3) is 0 Å². The molecule has 1 aliphatic heterocycles. The maximum absolute atomic E-state index is 10.5. The van der Waals surface area contributed by atoms with Crippen molar-refractivity contribution in [3.8, 4) is 0 Å². The van der Waals surface area contributed by atoms with E-state index in [1.54, 1.807) is 0 Å². The van der Waals surface area contributed by atoms with Crippen molar-refractivity contribution in [2.75, 3.05) is 19.6 Å². The Bertz CT molecular complexity index is 377. The number of benzene rings is 1. The van der Waals surface area contributed by atoms with Gasteiger partial charge in [-0.15, -0.1) is 0 Å². The summed E-state index contributed by atoms with van der Waals surface area (Å²) in [4.78, 5) is 12.9. The first-order valence-corrected chi connectivity index (χ1v) is 6.75. The third-order valence-electron chi connectivity index (χ3n) is 3.64. The van der Waals surface area contributed by atoms with Crippen LogP contribution in [0.3, 0.4) is 0 Å². The first kappa shape index (κ1) is 13.1. The van der Waals surface area contributed by atoms with Crippen molar-refractivity contribution in [2.45, 2.75) is 31.6 Å². The van der Waals surface area contributed by atoms with Crippen LogP contribution in [0.15, 0.2) is 30.3 Å². The Morgan fingerprint density at radius 2 is 2.11 bits per heavy atom. The van der Waals surface area contributed by atoms with Crippen LogP contribution in [0.2, 0.25) is 0 Å². The topological polar surface area (TPSA) is 40.5 Å². The van der Waals surface area contributed by atoms with E-state index in [1.807, 2.05) is 0 Å². The van der Waals surface area contributed by atoms with Crippen molar-refractivity contribution in [3.05, 3.63) is 35.9 Å². The maximum Gasteiger partial charge on any atom is 0.303 e. The highest BCUT2D eigenvalue weighted by Gasteiger charge is 2.20. The first-order valence-electron chi connectivity index (χ1n) is 6.75. The summed E-state index contributed by atoms with van der Waals surface area (Å²) in [6, 6.07) is 10.6. The Balaban J connectivity index is 1.83. The van der Waals surface area contributed by atoms with Gasteiger partial charge in [0.2, 0.25) is 0 Å². The molecule has 1 unspecified atom stereocenters. The molecule has 1 aliphatic rings. The van der Waals surface area contributed by atoms with Crippen molar-refractivity contribution in [1.82, 2.24) is 4.90 Å². The summed E-state index contributed by atoms with van der Waals surface area (Å²) in [5, 5.41) is 8.65. The van der Waals surface area contributed by atoms with Crippen LogP contribution in [0.5, 0.6) is 0 Å². The molecule has 1 heterocycles. The third-order valence-corrected chi connectivity index (χ3v) is 3.64. The molecule has 1 N–H and O–H groups in total. The molecule has 3 heteroatoms. The smallest absolute Gasteiger partial charge is 0.303 e. The van der Waals surface area contributed by atoms with E-state index in [2.05, 4.69) is 35.2 Å².